The maximum atomic E-state index is 9.99. The zero-order chi connectivity index (χ0) is 12.8. The lowest BCUT2D eigenvalue weighted by molar-refractivity contribution is 0.169. The standard InChI is InChI=1S/C15H16N2O/c1-2-3-5-10-15(18)13-11-16-17(12-13)14-8-6-4-7-9-14/h4,6-9,11-12,15,18H,5,10H2,1H3. The van der Waals surface area contributed by atoms with E-state index in [-0.39, 0.29) is 0 Å². The van der Waals surface area contributed by atoms with E-state index in [1.165, 1.54) is 0 Å². The van der Waals surface area contributed by atoms with Crippen molar-refractivity contribution in [3.63, 3.8) is 0 Å². The summed E-state index contributed by atoms with van der Waals surface area (Å²) in [5, 5.41) is 14.2. The van der Waals surface area contributed by atoms with Crippen LogP contribution in [0.4, 0.5) is 0 Å². The Morgan fingerprint density at radius 3 is 2.83 bits per heavy atom. The minimum Gasteiger partial charge on any atom is -0.388 e. The predicted molar refractivity (Wildman–Crippen MR) is 71.2 cm³/mol. The van der Waals surface area contributed by atoms with Crippen molar-refractivity contribution in [1.29, 1.82) is 0 Å². The molecule has 3 nitrogen and oxygen atoms in total. The van der Waals surface area contributed by atoms with E-state index in [4.69, 9.17) is 0 Å². The molecule has 1 N–H and O–H groups in total. The zero-order valence-electron chi connectivity index (χ0n) is 10.4. The van der Waals surface area contributed by atoms with E-state index in [0.29, 0.717) is 12.8 Å². The topological polar surface area (TPSA) is 38.1 Å². The summed E-state index contributed by atoms with van der Waals surface area (Å²) >= 11 is 0. The SMILES string of the molecule is CC#CCCC(O)c1cnn(-c2ccccc2)c1. The Morgan fingerprint density at radius 1 is 1.33 bits per heavy atom. The highest BCUT2D eigenvalue weighted by atomic mass is 16.3. The molecule has 0 spiro atoms. The van der Waals surface area contributed by atoms with Gasteiger partial charge in [-0.2, -0.15) is 5.10 Å². The molecule has 0 saturated heterocycles. The normalized spacial score (nSPS) is 11.7. The minimum atomic E-state index is -0.497. The van der Waals surface area contributed by atoms with Crippen LogP contribution in [0, 0.1) is 11.8 Å². The van der Waals surface area contributed by atoms with Crippen molar-refractivity contribution in [2.75, 3.05) is 0 Å². The highest BCUT2D eigenvalue weighted by molar-refractivity contribution is 5.31. The van der Waals surface area contributed by atoms with Crippen molar-refractivity contribution < 1.29 is 5.11 Å². The quantitative estimate of drug-likeness (QED) is 0.834. The van der Waals surface area contributed by atoms with Gasteiger partial charge in [0.25, 0.3) is 0 Å². The van der Waals surface area contributed by atoms with Gasteiger partial charge in [0.2, 0.25) is 0 Å². The third-order valence-corrected chi connectivity index (χ3v) is 2.73. The predicted octanol–water partition coefficient (Wildman–Crippen LogP) is 2.71. The molecule has 0 bridgehead atoms. The van der Waals surface area contributed by atoms with E-state index in [0.717, 1.165) is 11.3 Å². The van der Waals surface area contributed by atoms with Gasteiger partial charge >= 0.3 is 0 Å². The molecule has 2 rings (SSSR count). The summed E-state index contributed by atoms with van der Waals surface area (Å²) in [7, 11) is 0. The first-order chi connectivity index (χ1) is 8.81. The lowest BCUT2D eigenvalue weighted by Crippen LogP contribution is -1.96. The van der Waals surface area contributed by atoms with Gasteiger partial charge in [0.15, 0.2) is 0 Å². The van der Waals surface area contributed by atoms with Gasteiger partial charge in [-0.05, 0) is 25.5 Å². The average Bonchev–Trinajstić information content (AvgIpc) is 2.89. The maximum absolute atomic E-state index is 9.99. The van der Waals surface area contributed by atoms with Crippen LogP contribution in [-0.2, 0) is 0 Å². The number of rotatable bonds is 4. The molecule has 3 heteroatoms. The van der Waals surface area contributed by atoms with Gasteiger partial charge in [-0.25, -0.2) is 4.68 Å². The summed E-state index contributed by atoms with van der Waals surface area (Å²) in [6, 6.07) is 9.84. The van der Waals surface area contributed by atoms with Gasteiger partial charge < -0.3 is 5.11 Å². The number of aliphatic hydroxyl groups excluding tert-OH is 1. The Labute approximate surface area is 107 Å². The lowest BCUT2D eigenvalue weighted by Gasteiger charge is -2.05. The largest absolute Gasteiger partial charge is 0.388 e. The van der Waals surface area contributed by atoms with Crippen LogP contribution in [0.1, 0.15) is 31.4 Å². The van der Waals surface area contributed by atoms with Gasteiger partial charge in [-0.15, -0.1) is 11.8 Å². The molecule has 1 heterocycles. The highest BCUT2D eigenvalue weighted by Crippen LogP contribution is 2.18. The number of hydrogen-bond acceptors (Lipinski definition) is 2. The molecule has 0 aliphatic rings. The summed E-state index contributed by atoms with van der Waals surface area (Å²) in [5.41, 5.74) is 1.82. The molecule has 0 fully saturated rings. The molecule has 1 unspecified atom stereocenters. The fraction of sp³-hybridized carbons (Fsp3) is 0.267. The van der Waals surface area contributed by atoms with Gasteiger partial charge in [0.1, 0.15) is 0 Å². The summed E-state index contributed by atoms with van der Waals surface area (Å²) in [6.07, 6.45) is 4.41. The van der Waals surface area contributed by atoms with Crippen LogP contribution < -0.4 is 0 Å². The number of nitrogens with zero attached hydrogens (tertiary/aromatic N) is 2. The second-order valence-corrected chi connectivity index (χ2v) is 4.04. The maximum Gasteiger partial charge on any atom is 0.0829 e. The van der Waals surface area contributed by atoms with Crippen LogP contribution in [0.2, 0.25) is 0 Å². The Morgan fingerprint density at radius 2 is 2.11 bits per heavy atom. The second-order valence-electron chi connectivity index (χ2n) is 4.04. The monoisotopic (exact) mass is 240 g/mol. The zero-order valence-corrected chi connectivity index (χ0v) is 10.4. The first-order valence-electron chi connectivity index (χ1n) is 5.99. The van der Waals surface area contributed by atoms with Gasteiger partial charge in [0.05, 0.1) is 18.0 Å². The van der Waals surface area contributed by atoms with Crippen molar-refractivity contribution in [2.24, 2.45) is 0 Å². The molecule has 2 aromatic rings. The minimum absolute atomic E-state index is 0.497. The molecule has 0 saturated carbocycles. The Kier molecular flexibility index (Phi) is 4.16. The van der Waals surface area contributed by atoms with Crippen LogP contribution >= 0.6 is 0 Å². The first kappa shape index (κ1) is 12.4. The van der Waals surface area contributed by atoms with E-state index in [1.807, 2.05) is 36.5 Å². The number of aromatic nitrogens is 2. The van der Waals surface area contributed by atoms with Gasteiger partial charge in [-0.3, -0.25) is 0 Å². The van der Waals surface area contributed by atoms with E-state index in [9.17, 15) is 5.11 Å². The molecule has 0 amide bonds. The van der Waals surface area contributed by atoms with Crippen molar-refractivity contribution in [2.45, 2.75) is 25.9 Å². The summed E-state index contributed by atoms with van der Waals surface area (Å²) in [5.74, 6) is 5.77. The van der Waals surface area contributed by atoms with Crippen molar-refractivity contribution in [3.8, 4) is 17.5 Å². The third-order valence-electron chi connectivity index (χ3n) is 2.73. The van der Waals surface area contributed by atoms with Crippen molar-refractivity contribution in [3.05, 3.63) is 48.3 Å². The molecule has 0 radical (unpaired) electrons. The van der Waals surface area contributed by atoms with E-state index in [1.54, 1.807) is 17.8 Å². The molecule has 0 aliphatic carbocycles. The first-order valence-corrected chi connectivity index (χ1v) is 5.99. The fourth-order valence-corrected chi connectivity index (χ4v) is 1.73. The summed E-state index contributed by atoms with van der Waals surface area (Å²) in [6.45, 7) is 1.81. The Balaban J connectivity index is 2.07. The van der Waals surface area contributed by atoms with Crippen LogP contribution in [-0.4, -0.2) is 14.9 Å². The molecule has 1 aromatic carbocycles. The number of aliphatic hydroxyl groups is 1. The van der Waals surface area contributed by atoms with Crippen LogP contribution in [0.3, 0.4) is 0 Å². The van der Waals surface area contributed by atoms with Crippen molar-refractivity contribution >= 4 is 0 Å². The fourth-order valence-electron chi connectivity index (χ4n) is 1.73. The molecular weight excluding hydrogens is 224 g/mol. The van der Waals surface area contributed by atoms with Crippen LogP contribution in [0.25, 0.3) is 5.69 Å². The Hall–Kier alpha value is -2.05. The highest BCUT2D eigenvalue weighted by Gasteiger charge is 2.09. The van der Waals surface area contributed by atoms with E-state index in [2.05, 4.69) is 16.9 Å². The van der Waals surface area contributed by atoms with Crippen LogP contribution in [0.15, 0.2) is 42.7 Å². The molecule has 1 atom stereocenters. The summed E-state index contributed by atoms with van der Waals surface area (Å²) < 4.78 is 1.77. The molecular formula is C15H16N2O. The summed E-state index contributed by atoms with van der Waals surface area (Å²) in [4.78, 5) is 0. The van der Waals surface area contributed by atoms with Gasteiger partial charge in [-0.1, -0.05) is 18.2 Å². The van der Waals surface area contributed by atoms with Crippen LogP contribution in [0.5, 0.6) is 0 Å². The molecule has 1 aromatic heterocycles. The number of benzene rings is 1. The molecule has 18 heavy (non-hydrogen) atoms. The average molecular weight is 240 g/mol. The van der Waals surface area contributed by atoms with E-state index >= 15 is 0 Å². The Bertz CT molecular complexity index is 549. The van der Waals surface area contributed by atoms with Gasteiger partial charge in [0, 0.05) is 18.2 Å². The third kappa shape index (κ3) is 2.99. The lowest BCUT2D eigenvalue weighted by atomic mass is 10.1. The smallest absolute Gasteiger partial charge is 0.0829 e. The molecule has 0 aliphatic heterocycles. The number of para-hydroxylation sites is 1. The van der Waals surface area contributed by atoms with Crippen molar-refractivity contribution in [1.82, 2.24) is 9.78 Å². The second kappa shape index (κ2) is 6.04. The van der Waals surface area contributed by atoms with E-state index < -0.39 is 6.10 Å². The number of hydrogen-bond donors (Lipinski definition) is 1. The molecule has 92 valence electrons.